The molecule has 1 unspecified atom stereocenters. The molecule has 1 aromatic rings. The van der Waals surface area contributed by atoms with Crippen molar-refractivity contribution >= 4 is 12.4 Å². The second-order valence-corrected chi connectivity index (χ2v) is 6.06. The fraction of sp³-hybridized carbons (Fsp3) is 0.667. The van der Waals surface area contributed by atoms with Crippen LogP contribution in [0.15, 0.2) is 18.2 Å². The number of benzene rings is 1. The van der Waals surface area contributed by atoms with Crippen LogP contribution in [0.4, 0.5) is 0 Å². The van der Waals surface area contributed by atoms with Gasteiger partial charge in [0.05, 0.1) is 33.5 Å². The number of aliphatic hydroxyl groups is 1. The van der Waals surface area contributed by atoms with Crippen molar-refractivity contribution in [2.45, 2.75) is 38.4 Å². The number of halogens is 1. The van der Waals surface area contributed by atoms with E-state index in [1.807, 2.05) is 18.2 Å². The molecule has 6 heteroatoms. The number of β-amino-alcohol motifs (C(OH)–C–C–N with tert-alkyl or cyclic N) is 1. The van der Waals surface area contributed by atoms with Gasteiger partial charge in [0, 0.05) is 12.1 Å². The Morgan fingerprint density at radius 1 is 1.08 bits per heavy atom. The number of ether oxygens (including phenoxy) is 3. The molecule has 138 valence electrons. The third-order valence-electron chi connectivity index (χ3n) is 4.22. The van der Waals surface area contributed by atoms with Crippen LogP contribution >= 0.6 is 12.4 Å². The van der Waals surface area contributed by atoms with Crippen molar-refractivity contribution in [3.8, 4) is 11.5 Å². The van der Waals surface area contributed by atoms with Crippen LogP contribution in [0.25, 0.3) is 0 Å². The van der Waals surface area contributed by atoms with E-state index in [9.17, 15) is 5.11 Å². The Labute approximate surface area is 151 Å². The highest BCUT2D eigenvalue weighted by molar-refractivity contribution is 5.85. The number of rotatable bonds is 8. The molecule has 1 atom stereocenters. The van der Waals surface area contributed by atoms with Gasteiger partial charge in [-0.25, -0.2) is 0 Å². The van der Waals surface area contributed by atoms with E-state index in [0.717, 1.165) is 30.2 Å². The van der Waals surface area contributed by atoms with E-state index in [-0.39, 0.29) is 12.4 Å². The van der Waals surface area contributed by atoms with Gasteiger partial charge in [-0.15, -0.1) is 12.4 Å². The van der Waals surface area contributed by atoms with Gasteiger partial charge in [-0.2, -0.15) is 0 Å². The van der Waals surface area contributed by atoms with Crippen LogP contribution in [0.3, 0.4) is 0 Å². The molecule has 0 saturated carbocycles. The van der Waals surface area contributed by atoms with Crippen molar-refractivity contribution in [2.75, 3.05) is 40.5 Å². The van der Waals surface area contributed by atoms with Gasteiger partial charge >= 0.3 is 0 Å². The molecule has 0 spiro atoms. The number of hydrogen-bond acceptors (Lipinski definition) is 5. The molecular weight excluding hydrogens is 330 g/mol. The minimum Gasteiger partial charge on any atom is -0.497 e. The molecule has 0 aliphatic carbocycles. The number of aliphatic hydroxyl groups excluding tert-OH is 1. The van der Waals surface area contributed by atoms with Crippen molar-refractivity contribution in [3.63, 3.8) is 0 Å². The van der Waals surface area contributed by atoms with Crippen molar-refractivity contribution in [3.05, 3.63) is 23.8 Å². The van der Waals surface area contributed by atoms with Gasteiger partial charge in [0.2, 0.25) is 0 Å². The van der Waals surface area contributed by atoms with E-state index in [0.29, 0.717) is 19.8 Å². The van der Waals surface area contributed by atoms with Crippen LogP contribution in [0.5, 0.6) is 11.5 Å². The Kier molecular flexibility index (Phi) is 10.1. The zero-order valence-electron chi connectivity index (χ0n) is 14.7. The summed E-state index contributed by atoms with van der Waals surface area (Å²) in [5.74, 6) is 1.54. The molecule has 1 heterocycles. The van der Waals surface area contributed by atoms with E-state index < -0.39 is 6.10 Å². The Morgan fingerprint density at radius 2 is 1.79 bits per heavy atom. The highest BCUT2D eigenvalue weighted by Gasteiger charge is 2.14. The van der Waals surface area contributed by atoms with Gasteiger partial charge in [-0.1, -0.05) is 12.8 Å². The monoisotopic (exact) mass is 359 g/mol. The Morgan fingerprint density at radius 3 is 2.42 bits per heavy atom. The first-order valence-corrected chi connectivity index (χ1v) is 8.42. The highest BCUT2D eigenvalue weighted by Crippen LogP contribution is 2.24. The first-order chi connectivity index (χ1) is 11.2. The fourth-order valence-corrected chi connectivity index (χ4v) is 2.97. The second kappa shape index (κ2) is 11.5. The summed E-state index contributed by atoms with van der Waals surface area (Å²) >= 11 is 0. The summed E-state index contributed by atoms with van der Waals surface area (Å²) in [4.78, 5) is 2.34. The summed E-state index contributed by atoms with van der Waals surface area (Å²) in [5, 5.41) is 10.2. The predicted molar refractivity (Wildman–Crippen MR) is 97.4 cm³/mol. The summed E-state index contributed by atoms with van der Waals surface area (Å²) in [5.41, 5.74) is 0.925. The lowest BCUT2D eigenvalue weighted by Gasteiger charge is -2.23. The molecule has 24 heavy (non-hydrogen) atoms. The molecule has 1 fully saturated rings. The highest BCUT2D eigenvalue weighted by atomic mass is 35.5. The van der Waals surface area contributed by atoms with E-state index in [4.69, 9.17) is 14.2 Å². The average molecular weight is 360 g/mol. The van der Waals surface area contributed by atoms with Gasteiger partial charge in [0.1, 0.15) is 11.5 Å². The number of nitrogens with zero attached hydrogens (tertiary/aromatic N) is 1. The molecule has 0 bridgehead atoms. The van der Waals surface area contributed by atoms with Crippen LogP contribution in [0.1, 0.15) is 31.2 Å². The number of hydrogen-bond donors (Lipinski definition) is 1. The fourth-order valence-electron chi connectivity index (χ4n) is 2.97. The summed E-state index contributed by atoms with van der Waals surface area (Å²) in [6, 6.07) is 5.63. The Bertz CT molecular complexity index is 464. The molecule has 1 aliphatic heterocycles. The predicted octanol–water partition coefficient (Wildman–Crippen LogP) is 2.88. The largest absolute Gasteiger partial charge is 0.497 e. The molecule has 2 rings (SSSR count). The van der Waals surface area contributed by atoms with E-state index in [2.05, 4.69) is 4.90 Å². The standard InChI is InChI=1S/C18H29NO4.ClH/c1-21-17-7-8-18(22-2)15(11-17)13-23-14-16(20)12-19-9-5-3-4-6-10-19;/h7-8,11,16,20H,3-6,9-10,12-14H2,1-2H3;1H. The lowest BCUT2D eigenvalue weighted by molar-refractivity contribution is 0.00989. The summed E-state index contributed by atoms with van der Waals surface area (Å²) in [6.07, 6.45) is 4.62. The molecule has 0 amide bonds. The maximum atomic E-state index is 10.2. The minimum absolute atomic E-state index is 0. The van der Waals surface area contributed by atoms with Crippen LogP contribution in [-0.4, -0.2) is 56.6 Å². The summed E-state index contributed by atoms with van der Waals surface area (Å²) < 4.78 is 16.2. The van der Waals surface area contributed by atoms with Crippen molar-refractivity contribution in [1.29, 1.82) is 0 Å². The molecule has 0 radical (unpaired) electrons. The Hall–Kier alpha value is -1.01. The molecular formula is C18H30ClNO4. The van der Waals surface area contributed by atoms with Gasteiger partial charge in [0.25, 0.3) is 0 Å². The molecule has 1 aromatic carbocycles. The summed E-state index contributed by atoms with van der Waals surface area (Å²) in [6.45, 7) is 3.59. The molecule has 1 aliphatic rings. The van der Waals surface area contributed by atoms with Gasteiger partial charge in [0.15, 0.2) is 0 Å². The number of likely N-dealkylation sites (tertiary alicyclic amines) is 1. The molecule has 5 nitrogen and oxygen atoms in total. The second-order valence-electron chi connectivity index (χ2n) is 6.06. The van der Waals surface area contributed by atoms with Gasteiger partial charge in [-0.05, 0) is 44.1 Å². The minimum atomic E-state index is -0.454. The summed E-state index contributed by atoms with van der Waals surface area (Å²) in [7, 11) is 3.27. The van der Waals surface area contributed by atoms with Crippen LogP contribution in [0, 0.1) is 0 Å². The lowest BCUT2D eigenvalue weighted by Crippen LogP contribution is -2.35. The van der Waals surface area contributed by atoms with Crippen LogP contribution in [-0.2, 0) is 11.3 Å². The molecule has 0 aromatic heterocycles. The molecule has 1 saturated heterocycles. The Balaban J connectivity index is 0.00000288. The van der Waals surface area contributed by atoms with Gasteiger partial charge in [-0.3, -0.25) is 0 Å². The SMILES string of the molecule is COc1ccc(OC)c(COCC(O)CN2CCCCCC2)c1.Cl. The molecule has 1 N–H and O–H groups in total. The maximum absolute atomic E-state index is 10.2. The van der Waals surface area contributed by atoms with E-state index >= 15 is 0 Å². The van der Waals surface area contributed by atoms with Crippen molar-refractivity contribution < 1.29 is 19.3 Å². The zero-order chi connectivity index (χ0) is 16.5. The third-order valence-corrected chi connectivity index (χ3v) is 4.22. The van der Waals surface area contributed by atoms with Crippen molar-refractivity contribution in [1.82, 2.24) is 4.90 Å². The topological polar surface area (TPSA) is 51.2 Å². The van der Waals surface area contributed by atoms with Crippen LogP contribution in [0.2, 0.25) is 0 Å². The smallest absolute Gasteiger partial charge is 0.124 e. The number of methoxy groups -OCH3 is 2. The maximum Gasteiger partial charge on any atom is 0.124 e. The van der Waals surface area contributed by atoms with Crippen LogP contribution < -0.4 is 9.47 Å². The van der Waals surface area contributed by atoms with Crippen molar-refractivity contribution in [2.24, 2.45) is 0 Å². The normalized spacial score (nSPS) is 16.8. The van der Waals surface area contributed by atoms with E-state index in [1.165, 1.54) is 25.7 Å². The zero-order valence-corrected chi connectivity index (χ0v) is 15.5. The first-order valence-electron chi connectivity index (χ1n) is 8.42. The van der Waals surface area contributed by atoms with Gasteiger partial charge < -0.3 is 24.2 Å². The van der Waals surface area contributed by atoms with E-state index in [1.54, 1.807) is 14.2 Å². The lowest BCUT2D eigenvalue weighted by atomic mass is 10.2. The quantitative estimate of drug-likeness (QED) is 0.773. The third kappa shape index (κ3) is 6.85. The average Bonchev–Trinajstić information content (AvgIpc) is 2.83. The first kappa shape index (κ1) is 21.0.